The zero-order chi connectivity index (χ0) is 18.4. The van der Waals surface area contributed by atoms with E-state index in [4.69, 9.17) is 4.74 Å². The Balaban J connectivity index is 1.69. The molecule has 0 saturated heterocycles. The number of hydrogen-bond donors (Lipinski definition) is 0. The molecule has 0 atom stereocenters. The second kappa shape index (κ2) is 5.85. The molecule has 0 N–H and O–H groups in total. The first-order valence-corrected chi connectivity index (χ1v) is 8.37. The van der Waals surface area contributed by atoms with Crippen molar-refractivity contribution in [1.29, 1.82) is 0 Å². The topological polar surface area (TPSA) is 75.6 Å². The molecule has 0 radical (unpaired) electrons. The second-order valence-corrected chi connectivity index (χ2v) is 6.17. The number of aromatic nitrogens is 7. The minimum atomic E-state index is 0.578. The first-order valence-electron chi connectivity index (χ1n) is 8.37. The molecule has 0 fully saturated rings. The van der Waals surface area contributed by atoms with E-state index in [-0.39, 0.29) is 0 Å². The van der Waals surface area contributed by atoms with Crippen molar-refractivity contribution in [3.8, 4) is 34.7 Å². The number of fused-ring (bicyclic) bond motifs is 5. The largest absolute Gasteiger partial charge is 0.497 e. The van der Waals surface area contributed by atoms with Crippen LogP contribution in [0, 0.1) is 11.8 Å². The Morgan fingerprint density at radius 3 is 2.89 bits per heavy atom. The normalized spacial score (nSPS) is 11.6. The Bertz CT molecular complexity index is 1220. The standard InChI is InChI=1S/C19H15N7O/c1-24-13(7-8-22-24)3-5-16-18-10-25-12-21-23-19(25)15-9-14(27-2)4-6-17(15)26(18)11-20-16/h4,6-9,11-12H,10H2,1-2H3. The molecule has 8 nitrogen and oxygen atoms in total. The summed E-state index contributed by atoms with van der Waals surface area (Å²) < 4.78 is 11.2. The maximum atomic E-state index is 5.38. The highest BCUT2D eigenvalue weighted by Gasteiger charge is 2.23. The number of methoxy groups -OCH3 is 1. The van der Waals surface area contributed by atoms with Crippen molar-refractivity contribution in [2.75, 3.05) is 7.11 Å². The lowest BCUT2D eigenvalue weighted by Crippen LogP contribution is -2.03. The van der Waals surface area contributed by atoms with Crippen LogP contribution in [0.25, 0.3) is 17.1 Å². The Kier molecular flexibility index (Phi) is 3.33. The van der Waals surface area contributed by atoms with Crippen LogP contribution in [0.3, 0.4) is 0 Å². The number of imidazole rings is 1. The molecule has 3 aromatic heterocycles. The van der Waals surface area contributed by atoms with Crippen LogP contribution in [0.1, 0.15) is 17.1 Å². The minimum Gasteiger partial charge on any atom is -0.497 e. The van der Waals surface area contributed by atoms with Gasteiger partial charge in [-0.3, -0.25) is 9.25 Å². The fourth-order valence-electron chi connectivity index (χ4n) is 3.23. The fraction of sp³-hybridized carbons (Fsp3) is 0.158. The summed E-state index contributed by atoms with van der Waals surface area (Å²) in [5.74, 6) is 7.88. The molecular formula is C19H15N7O. The van der Waals surface area contributed by atoms with Gasteiger partial charge < -0.3 is 9.30 Å². The number of benzene rings is 1. The van der Waals surface area contributed by atoms with E-state index < -0.39 is 0 Å². The van der Waals surface area contributed by atoms with Crippen molar-refractivity contribution in [3.63, 3.8) is 0 Å². The van der Waals surface area contributed by atoms with E-state index in [1.807, 2.05) is 35.9 Å². The Hall–Kier alpha value is -3.86. The summed E-state index contributed by atoms with van der Waals surface area (Å²) in [5, 5.41) is 12.5. The van der Waals surface area contributed by atoms with Crippen LogP contribution in [-0.4, -0.2) is 41.2 Å². The first kappa shape index (κ1) is 15.4. The van der Waals surface area contributed by atoms with E-state index >= 15 is 0 Å². The van der Waals surface area contributed by atoms with Crippen molar-refractivity contribution in [1.82, 2.24) is 34.1 Å². The van der Waals surface area contributed by atoms with E-state index in [9.17, 15) is 0 Å². The molecule has 0 bridgehead atoms. The maximum absolute atomic E-state index is 5.38. The predicted molar refractivity (Wildman–Crippen MR) is 97.4 cm³/mol. The Morgan fingerprint density at radius 1 is 1.15 bits per heavy atom. The molecule has 0 saturated carbocycles. The van der Waals surface area contributed by atoms with Gasteiger partial charge in [0.25, 0.3) is 0 Å². The quantitative estimate of drug-likeness (QED) is 0.426. The SMILES string of the molecule is COc1ccc2c(c1)-c1nncn1Cc1c(C#Cc3ccnn3C)ncn1-2. The highest BCUT2D eigenvalue weighted by atomic mass is 16.5. The van der Waals surface area contributed by atoms with Gasteiger partial charge >= 0.3 is 0 Å². The number of nitrogens with zero attached hydrogens (tertiary/aromatic N) is 7. The molecule has 27 heavy (non-hydrogen) atoms. The molecule has 1 aromatic carbocycles. The van der Waals surface area contributed by atoms with E-state index in [1.54, 1.807) is 30.6 Å². The van der Waals surface area contributed by atoms with Crippen LogP contribution in [0.5, 0.6) is 5.75 Å². The molecule has 1 aliphatic heterocycles. The number of rotatable bonds is 1. The van der Waals surface area contributed by atoms with Gasteiger partial charge in [-0.05, 0) is 36.1 Å². The summed E-state index contributed by atoms with van der Waals surface area (Å²) in [6.45, 7) is 0.578. The van der Waals surface area contributed by atoms with Crippen molar-refractivity contribution in [2.24, 2.45) is 7.05 Å². The summed E-state index contributed by atoms with van der Waals surface area (Å²) in [4.78, 5) is 4.54. The summed E-state index contributed by atoms with van der Waals surface area (Å²) in [5.41, 5.74) is 4.45. The smallest absolute Gasteiger partial charge is 0.166 e. The van der Waals surface area contributed by atoms with Gasteiger partial charge in [-0.25, -0.2) is 4.98 Å². The van der Waals surface area contributed by atoms with Crippen LogP contribution < -0.4 is 4.74 Å². The van der Waals surface area contributed by atoms with Crippen molar-refractivity contribution >= 4 is 0 Å². The molecule has 0 spiro atoms. The third kappa shape index (κ3) is 2.40. The minimum absolute atomic E-state index is 0.578. The van der Waals surface area contributed by atoms with Crippen LogP contribution in [0.15, 0.2) is 43.1 Å². The molecule has 0 amide bonds. The van der Waals surface area contributed by atoms with Gasteiger partial charge in [0.15, 0.2) is 5.82 Å². The average Bonchev–Trinajstić information content (AvgIpc) is 3.39. The lowest BCUT2D eigenvalue weighted by molar-refractivity contribution is 0.415. The lowest BCUT2D eigenvalue weighted by atomic mass is 10.1. The van der Waals surface area contributed by atoms with Gasteiger partial charge in [-0.1, -0.05) is 0 Å². The van der Waals surface area contributed by atoms with Crippen molar-refractivity contribution in [3.05, 3.63) is 60.2 Å². The predicted octanol–water partition coefficient (Wildman–Crippen LogP) is 1.63. The summed E-state index contributed by atoms with van der Waals surface area (Å²) in [7, 11) is 3.52. The summed E-state index contributed by atoms with van der Waals surface area (Å²) >= 11 is 0. The van der Waals surface area contributed by atoms with Gasteiger partial charge in [-0.2, -0.15) is 5.10 Å². The van der Waals surface area contributed by atoms with Gasteiger partial charge in [0.1, 0.15) is 29.8 Å². The van der Waals surface area contributed by atoms with Gasteiger partial charge in [-0.15, -0.1) is 10.2 Å². The van der Waals surface area contributed by atoms with Crippen LogP contribution >= 0.6 is 0 Å². The Labute approximate surface area is 155 Å². The van der Waals surface area contributed by atoms with E-state index in [0.29, 0.717) is 6.54 Å². The maximum Gasteiger partial charge on any atom is 0.166 e. The van der Waals surface area contributed by atoms with E-state index in [2.05, 4.69) is 36.7 Å². The number of aryl methyl sites for hydroxylation is 1. The molecule has 132 valence electrons. The molecule has 0 unspecified atom stereocenters. The lowest BCUT2D eigenvalue weighted by Gasteiger charge is -2.09. The van der Waals surface area contributed by atoms with Crippen molar-refractivity contribution < 1.29 is 4.74 Å². The van der Waals surface area contributed by atoms with Crippen LogP contribution in [0.2, 0.25) is 0 Å². The molecule has 5 rings (SSSR count). The van der Waals surface area contributed by atoms with Crippen LogP contribution in [0.4, 0.5) is 0 Å². The van der Waals surface area contributed by atoms with Gasteiger partial charge in [0, 0.05) is 12.6 Å². The second-order valence-electron chi connectivity index (χ2n) is 6.17. The van der Waals surface area contributed by atoms with E-state index in [1.165, 1.54) is 0 Å². The van der Waals surface area contributed by atoms with Gasteiger partial charge in [0.05, 0.1) is 31.2 Å². The monoisotopic (exact) mass is 357 g/mol. The third-order valence-corrected chi connectivity index (χ3v) is 4.64. The average molecular weight is 357 g/mol. The number of hydrogen-bond acceptors (Lipinski definition) is 5. The zero-order valence-corrected chi connectivity index (χ0v) is 14.8. The highest BCUT2D eigenvalue weighted by Crippen LogP contribution is 2.33. The Morgan fingerprint density at radius 2 is 2.07 bits per heavy atom. The zero-order valence-electron chi connectivity index (χ0n) is 14.8. The molecule has 4 heterocycles. The molecular weight excluding hydrogens is 342 g/mol. The molecule has 4 aromatic rings. The third-order valence-electron chi connectivity index (χ3n) is 4.64. The first-order chi connectivity index (χ1) is 13.2. The summed E-state index contributed by atoms with van der Waals surface area (Å²) in [6, 6.07) is 7.77. The summed E-state index contributed by atoms with van der Waals surface area (Å²) in [6.07, 6.45) is 5.25. The molecule has 1 aliphatic rings. The number of ether oxygens (including phenoxy) is 1. The van der Waals surface area contributed by atoms with Crippen molar-refractivity contribution in [2.45, 2.75) is 6.54 Å². The molecule has 8 heteroatoms. The van der Waals surface area contributed by atoms with E-state index in [0.717, 1.165) is 39.9 Å². The van der Waals surface area contributed by atoms with Gasteiger partial charge in [0.2, 0.25) is 0 Å². The highest BCUT2D eigenvalue weighted by molar-refractivity contribution is 5.71. The fourth-order valence-corrected chi connectivity index (χ4v) is 3.23. The van der Waals surface area contributed by atoms with Crippen LogP contribution in [-0.2, 0) is 13.6 Å². The molecule has 0 aliphatic carbocycles.